The molecule has 128 valence electrons. The fourth-order valence-corrected chi connectivity index (χ4v) is 2.74. The van der Waals surface area contributed by atoms with Crippen LogP contribution in [0.2, 0.25) is 0 Å². The summed E-state index contributed by atoms with van der Waals surface area (Å²) in [5, 5.41) is 6.25. The number of hydrogen-bond donors (Lipinski definition) is 2. The molecule has 0 fully saturated rings. The molecule has 0 saturated heterocycles. The normalized spacial score (nSPS) is 11.7. The third-order valence-corrected chi connectivity index (χ3v) is 3.87. The van der Waals surface area contributed by atoms with E-state index in [0.29, 0.717) is 6.61 Å². The van der Waals surface area contributed by atoms with E-state index in [9.17, 15) is 4.79 Å². The Morgan fingerprint density at radius 1 is 1.08 bits per heavy atom. The van der Waals surface area contributed by atoms with Crippen molar-refractivity contribution in [2.75, 3.05) is 17.2 Å². The van der Waals surface area contributed by atoms with Gasteiger partial charge >= 0.3 is 0 Å². The van der Waals surface area contributed by atoms with Crippen molar-refractivity contribution in [3.63, 3.8) is 0 Å². The van der Waals surface area contributed by atoms with Gasteiger partial charge in [0.1, 0.15) is 11.8 Å². The summed E-state index contributed by atoms with van der Waals surface area (Å²) in [6, 6.07) is 11.4. The lowest BCUT2D eigenvalue weighted by atomic mass is 10.0. The SMILES string of the molecule is CCOc1ccc(N[C@@H](C)C(=O)Nc2c(C)cc(C)cc2C)cc1. The van der Waals surface area contributed by atoms with E-state index in [-0.39, 0.29) is 11.9 Å². The highest BCUT2D eigenvalue weighted by Crippen LogP contribution is 2.22. The van der Waals surface area contributed by atoms with Gasteiger partial charge in [-0.15, -0.1) is 0 Å². The average Bonchev–Trinajstić information content (AvgIpc) is 2.52. The number of amides is 1. The third kappa shape index (κ3) is 4.51. The number of carbonyl (C=O) groups excluding carboxylic acids is 1. The standard InChI is InChI=1S/C20H26N2O2/c1-6-24-18-9-7-17(8-10-18)21-16(5)20(23)22-19-14(3)11-13(2)12-15(19)4/h7-12,16,21H,6H2,1-5H3,(H,22,23)/t16-/m0/s1. The molecule has 0 aliphatic rings. The smallest absolute Gasteiger partial charge is 0.246 e. The first-order chi connectivity index (χ1) is 11.4. The van der Waals surface area contributed by atoms with E-state index in [1.165, 1.54) is 5.56 Å². The Labute approximate surface area is 144 Å². The topological polar surface area (TPSA) is 50.4 Å². The molecule has 0 aromatic heterocycles. The van der Waals surface area contributed by atoms with Crippen molar-refractivity contribution in [3.05, 3.63) is 53.1 Å². The highest BCUT2D eigenvalue weighted by molar-refractivity contribution is 5.97. The Morgan fingerprint density at radius 2 is 1.67 bits per heavy atom. The molecule has 2 aromatic carbocycles. The first kappa shape index (κ1) is 17.9. The molecule has 0 bridgehead atoms. The number of nitrogens with one attached hydrogen (secondary N) is 2. The minimum absolute atomic E-state index is 0.0565. The maximum Gasteiger partial charge on any atom is 0.246 e. The van der Waals surface area contributed by atoms with Crippen molar-refractivity contribution in [3.8, 4) is 5.75 Å². The minimum atomic E-state index is -0.344. The molecular formula is C20H26N2O2. The number of aryl methyl sites for hydroxylation is 3. The number of anilines is 2. The molecule has 1 amide bonds. The monoisotopic (exact) mass is 326 g/mol. The lowest BCUT2D eigenvalue weighted by Gasteiger charge is -2.18. The zero-order valence-corrected chi connectivity index (χ0v) is 15.1. The van der Waals surface area contributed by atoms with Crippen LogP contribution in [0.1, 0.15) is 30.5 Å². The molecule has 0 heterocycles. The molecule has 0 radical (unpaired) electrons. The van der Waals surface area contributed by atoms with Crippen molar-refractivity contribution in [2.24, 2.45) is 0 Å². The summed E-state index contributed by atoms with van der Waals surface area (Å²) in [6.07, 6.45) is 0. The van der Waals surface area contributed by atoms with Crippen molar-refractivity contribution in [1.82, 2.24) is 0 Å². The van der Waals surface area contributed by atoms with Crippen molar-refractivity contribution >= 4 is 17.3 Å². The molecule has 1 atom stereocenters. The van der Waals surface area contributed by atoms with Gasteiger partial charge in [0.25, 0.3) is 0 Å². The van der Waals surface area contributed by atoms with E-state index < -0.39 is 0 Å². The number of carbonyl (C=O) groups is 1. The number of rotatable bonds is 6. The van der Waals surface area contributed by atoms with Crippen LogP contribution in [0.15, 0.2) is 36.4 Å². The first-order valence-electron chi connectivity index (χ1n) is 8.28. The van der Waals surface area contributed by atoms with Gasteiger partial charge in [-0.1, -0.05) is 17.7 Å². The molecule has 2 rings (SSSR count). The van der Waals surface area contributed by atoms with Crippen LogP contribution in [0.25, 0.3) is 0 Å². The molecule has 0 unspecified atom stereocenters. The van der Waals surface area contributed by atoms with Crippen LogP contribution < -0.4 is 15.4 Å². The van der Waals surface area contributed by atoms with Crippen LogP contribution in [0.4, 0.5) is 11.4 Å². The molecule has 0 saturated carbocycles. The van der Waals surface area contributed by atoms with Crippen LogP contribution in [0, 0.1) is 20.8 Å². The summed E-state index contributed by atoms with van der Waals surface area (Å²) < 4.78 is 5.42. The Morgan fingerprint density at radius 3 is 2.21 bits per heavy atom. The summed E-state index contributed by atoms with van der Waals surface area (Å²) >= 11 is 0. The summed E-state index contributed by atoms with van der Waals surface area (Å²) in [6.45, 7) is 10.5. The maximum atomic E-state index is 12.5. The second kappa shape index (κ2) is 7.86. The molecule has 24 heavy (non-hydrogen) atoms. The van der Waals surface area contributed by atoms with Crippen LogP contribution in [-0.2, 0) is 4.79 Å². The van der Waals surface area contributed by atoms with E-state index in [2.05, 4.69) is 29.7 Å². The van der Waals surface area contributed by atoms with Gasteiger partial charge in [0.05, 0.1) is 6.61 Å². The molecule has 2 aromatic rings. The zero-order chi connectivity index (χ0) is 17.7. The summed E-state index contributed by atoms with van der Waals surface area (Å²) in [5.74, 6) is 0.769. The Hall–Kier alpha value is -2.49. The van der Waals surface area contributed by atoms with Gasteiger partial charge in [0.15, 0.2) is 0 Å². The van der Waals surface area contributed by atoms with E-state index in [1.807, 2.05) is 52.0 Å². The Bertz CT molecular complexity index is 685. The van der Waals surface area contributed by atoms with Crippen LogP contribution in [0.3, 0.4) is 0 Å². The number of ether oxygens (including phenoxy) is 1. The largest absolute Gasteiger partial charge is 0.494 e. The average molecular weight is 326 g/mol. The Kier molecular flexibility index (Phi) is 5.85. The lowest BCUT2D eigenvalue weighted by Crippen LogP contribution is -2.32. The summed E-state index contributed by atoms with van der Waals surface area (Å²) in [5.41, 5.74) is 5.14. The van der Waals surface area contributed by atoms with E-state index in [1.54, 1.807) is 0 Å². The predicted octanol–water partition coefficient (Wildman–Crippen LogP) is 4.45. The first-order valence-corrected chi connectivity index (χ1v) is 8.28. The molecule has 4 heteroatoms. The van der Waals surface area contributed by atoms with Crippen molar-refractivity contribution in [2.45, 2.75) is 40.7 Å². The lowest BCUT2D eigenvalue weighted by molar-refractivity contribution is -0.116. The van der Waals surface area contributed by atoms with Gasteiger partial charge in [0, 0.05) is 11.4 Å². The van der Waals surface area contributed by atoms with E-state index >= 15 is 0 Å². The van der Waals surface area contributed by atoms with E-state index in [0.717, 1.165) is 28.3 Å². The van der Waals surface area contributed by atoms with Gasteiger partial charge in [-0.3, -0.25) is 4.79 Å². The molecule has 0 aliphatic carbocycles. The van der Waals surface area contributed by atoms with Crippen LogP contribution in [-0.4, -0.2) is 18.6 Å². The summed E-state index contributed by atoms with van der Waals surface area (Å²) in [4.78, 5) is 12.5. The van der Waals surface area contributed by atoms with Gasteiger partial charge in [-0.05, 0) is 70.0 Å². The highest BCUT2D eigenvalue weighted by Gasteiger charge is 2.15. The molecule has 0 aliphatic heterocycles. The minimum Gasteiger partial charge on any atom is -0.494 e. The van der Waals surface area contributed by atoms with Crippen LogP contribution >= 0.6 is 0 Å². The highest BCUT2D eigenvalue weighted by atomic mass is 16.5. The zero-order valence-electron chi connectivity index (χ0n) is 15.1. The van der Waals surface area contributed by atoms with E-state index in [4.69, 9.17) is 4.74 Å². The molecule has 4 nitrogen and oxygen atoms in total. The fourth-order valence-electron chi connectivity index (χ4n) is 2.74. The fraction of sp³-hybridized carbons (Fsp3) is 0.350. The third-order valence-electron chi connectivity index (χ3n) is 3.87. The van der Waals surface area contributed by atoms with Crippen LogP contribution in [0.5, 0.6) is 5.75 Å². The van der Waals surface area contributed by atoms with Gasteiger partial charge in [-0.25, -0.2) is 0 Å². The second-order valence-corrected chi connectivity index (χ2v) is 6.09. The van der Waals surface area contributed by atoms with Gasteiger partial charge in [-0.2, -0.15) is 0 Å². The molecular weight excluding hydrogens is 300 g/mol. The van der Waals surface area contributed by atoms with Gasteiger partial charge < -0.3 is 15.4 Å². The number of benzene rings is 2. The number of hydrogen-bond acceptors (Lipinski definition) is 3. The second-order valence-electron chi connectivity index (χ2n) is 6.09. The van der Waals surface area contributed by atoms with Crippen molar-refractivity contribution in [1.29, 1.82) is 0 Å². The quantitative estimate of drug-likeness (QED) is 0.824. The van der Waals surface area contributed by atoms with Gasteiger partial charge in [0.2, 0.25) is 5.91 Å². The summed E-state index contributed by atoms with van der Waals surface area (Å²) in [7, 11) is 0. The Balaban J connectivity index is 2.02. The molecule has 2 N–H and O–H groups in total. The molecule has 0 spiro atoms. The van der Waals surface area contributed by atoms with Crippen molar-refractivity contribution < 1.29 is 9.53 Å². The predicted molar refractivity (Wildman–Crippen MR) is 100.0 cm³/mol. The maximum absolute atomic E-state index is 12.5.